The highest BCUT2D eigenvalue weighted by Crippen LogP contribution is 2.21. The maximum Gasteiger partial charge on any atom is 0.263 e. The lowest BCUT2D eigenvalue weighted by molar-refractivity contribution is 0.601. The van der Waals surface area contributed by atoms with E-state index in [0.29, 0.717) is 11.3 Å². The molecule has 0 bridgehead atoms. The summed E-state index contributed by atoms with van der Waals surface area (Å²) in [5.41, 5.74) is 3.91. The first-order valence-electron chi connectivity index (χ1n) is 8.21. The Kier molecular flexibility index (Phi) is 5.10. The third-order valence-electron chi connectivity index (χ3n) is 4.07. The smallest absolute Gasteiger partial charge is 0.263 e. The van der Waals surface area contributed by atoms with E-state index < -0.39 is 10.0 Å². The van der Waals surface area contributed by atoms with E-state index in [1.807, 2.05) is 19.9 Å². The largest absolute Gasteiger partial charge is 0.354 e. The number of aromatic nitrogens is 1. The van der Waals surface area contributed by atoms with Crippen LogP contribution in [-0.2, 0) is 10.0 Å². The highest BCUT2D eigenvalue weighted by molar-refractivity contribution is 7.92. The molecule has 3 aromatic rings. The normalized spacial score (nSPS) is 10.9. The fourth-order valence-electron chi connectivity index (χ4n) is 2.44. The third-order valence-corrected chi connectivity index (χ3v) is 5.42. The average molecular weight is 378 g/mol. The summed E-state index contributed by atoms with van der Waals surface area (Å²) < 4.78 is 27.5. The van der Waals surface area contributed by atoms with Crippen molar-refractivity contribution < 1.29 is 8.42 Å². The van der Waals surface area contributed by atoms with Gasteiger partial charge >= 0.3 is 0 Å². The first-order valence-corrected chi connectivity index (χ1v) is 9.69. The van der Waals surface area contributed by atoms with Crippen molar-refractivity contribution in [3.05, 3.63) is 77.5 Å². The standard InChI is InChI=1S/C20H18N4O2S/c1-14-6-8-19(10-15(14)2)27(25,26)24-20-9-7-18(13-22-20)23-17-5-3-4-16(11-17)12-21/h3-11,13,23H,1-2H3,(H,22,24). The number of hydrogen-bond donors (Lipinski definition) is 2. The number of pyridine rings is 1. The van der Waals surface area contributed by atoms with Crippen LogP contribution in [0.25, 0.3) is 0 Å². The topological polar surface area (TPSA) is 94.9 Å². The van der Waals surface area contributed by atoms with Gasteiger partial charge in [0.25, 0.3) is 10.0 Å². The van der Waals surface area contributed by atoms with E-state index in [-0.39, 0.29) is 10.7 Å². The molecule has 1 heterocycles. The molecule has 2 N–H and O–H groups in total. The van der Waals surface area contributed by atoms with Crippen LogP contribution in [0, 0.1) is 25.2 Å². The van der Waals surface area contributed by atoms with Crippen LogP contribution in [0.3, 0.4) is 0 Å². The van der Waals surface area contributed by atoms with Crippen LogP contribution in [0.1, 0.15) is 16.7 Å². The van der Waals surface area contributed by atoms with Gasteiger partial charge in [0, 0.05) is 5.69 Å². The zero-order valence-corrected chi connectivity index (χ0v) is 15.7. The summed E-state index contributed by atoms with van der Waals surface area (Å²) in [6.45, 7) is 3.80. The number of benzene rings is 2. The van der Waals surface area contributed by atoms with Gasteiger partial charge in [-0.25, -0.2) is 13.4 Å². The Morgan fingerprint density at radius 3 is 2.44 bits per heavy atom. The Morgan fingerprint density at radius 2 is 1.78 bits per heavy atom. The quantitative estimate of drug-likeness (QED) is 0.696. The lowest BCUT2D eigenvalue weighted by atomic mass is 10.1. The Balaban J connectivity index is 1.75. The molecule has 1 aromatic heterocycles. The van der Waals surface area contributed by atoms with E-state index in [2.05, 4.69) is 21.1 Å². The number of aryl methyl sites for hydroxylation is 2. The Labute approximate surface area is 158 Å². The van der Waals surface area contributed by atoms with Gasteiger partial charge in [-0.1, -0.05) is 12.1 Å². The molecule has 0 radical (unpaired) electrons. The number of hydrogen-bond acceptors (Lipinski definition) is 5. The molecule has 0 spiro atoms. The predicted octanol–water partition coefficient (Wildman–Crippen LogP) is 4.11. The highest BCUT2D eigenvalue weighted by atomic mass is 32.2. The second-order valence-corrected chi connectivity index (χ2v) is 7.78. The average Bonchev–Trinajstić information content (AvgIpc) is 2.65. The SMILES string of the molecule is Cc1ccc(S(=O)(=O)Nc2ccc(Nc3cccc(C#N)c3)cn2)cc1C. The molecule has 0 aliphatic carbocycles. The van der Waals surface area contributed by atoms with Crippen molar-refractivity contribution in [2.75, 3.05) is 10.0 Å². The van der Waals surface area contributed by atoms with Crippen molar-refractivity contribution in [1.82, 2.24) is 4.98 Å². The minimum atomic E-state index is -3.70. The summed E-state index contributed by atoms with van der Waals surface area (Å²) in [6.07, 6.45) is 1.53. The number of anilines is 3. The molecule has 0 fully saturated rings. The van der Waals surface area contributed by atoms with Gasteiger partial charge in [0.1, 0.15) is 5.82 Å². The molecule has 0 atom stereocenters. The highest BCUT2D eigenvalue weighted by Gasteiger charge is 2.15. The Hall–Kier alpha value is -3.37. The molecule has 6 nitrogen and oxygen atoms in total. The van der Waals surface area contributed by atoms with Gasteiger partial charge in [-0.3, -0.25) is 4.72 Å². The van der Waals surface area contributed by atoms with Crippen LogP contribution in [0.2, 0.25) is 0 Å². The molecular weight excluding hydrogens is 360 g/mol. The number of nitriles is 1. The zero-order valence-electron chi connectivity index (χ0n) is 14.9. The number of nitrogens with zero attached hydrogens (tertiary/aromatic N) is 2. The van der Waals surface area contributed by atoms with Gasteiger partial charge in [-0.05, 0) is 67.4 Å². The van der Waals surface area contributed by atoms with E-state index in [0.717, 1.165) is 16.8 Å². The van der Waals surface area contributed by atoms with Crippen molar-refractivity contribution in [3.63, 3.8) is 0 Å². The van der Waals surface area contributed by atoms with Crippen molar-refractivity contribution in [1.29, 1.82) is 5.26 Å². The van der Waals surface area contributed by atoms with Crippen LogP contribution >= 0.6 is 0 Å². The summed E-state index contributed by atoms with van der Waals surface area (Å²) in [7, 11) is -3.70. The van der Waals surface area contributed by atoms with Crippen molar-refractivity contribution in [2.45, 2.75) is 18.7 Å². The van der Waals surface area contributed by atoms with Crippen LogP contribution in [0.5, 0.6) is 0 Å². The van der Waals surface area contributed by atoms with Gasteiger partial charge < -0.3 is 5.32 Å². The molecule has 0 aliphatic heterocycles. The maximum absolute atomic E-state index is 12.5. The summed E-state index contributed by atoms with van der Waals surface area (Å²) in [5, 5.41) is 12.1. The lowest BCUT2D eigenvalue weighted by Crippen LogP contribution is -2.14. The molecule has 136 valence electrons. The first-order chi connectivity index (χ1) is 12.9. The van der Waals surface area contributed by atoms with E-state index in [1.54, 1.807) is 48.5 Å². The summed E-state index contributed by atoms with van der Waals surface area (Å²) in [5.74, 6) is 0.226. The van der Waals surface area contributed by atoms with E-state index in [9.17, 15) is 8.42 Å². The Bertz CT molecular complexity index is 1120. The van der Waals surface area contributed by atoms with Crippen LogP contribution in [0.15, 0.2) is 65.7 Å². The molecule has 27 heavy (non-hydrogen) atoms. The third kappa shape index (κ3) is 4.43. The van der Waals surface area contributed by atoms with Crippen LogP contribution in [-0.4, -0.2) is 13.4 Å². The number of nitrogens with one attached hydrogen (secondary N) is 2. The van der Waals surface area contributed by atoms with Gasteiger partial charge in [-0.15, -0.1) is 0 Å². The minimum absolute atomic E-state index is 0.197. The molecule has 7 heteroatoms. The maximum atomic E-state index is 12.5. The van der Waals surface area contributed by atoms with Gasteiger partial charge in [-0.2, -0.15) is 5.26 Å². The summed E-state index contributed by atoms with van der Waals surface area (Å²) in [4.78, 5) is 4.35. The minimum Gasteiger partial charge on any atom is -0.354 e. The lowest BCUT2D eigenvalue weighted by Gasteiger charge is -2.10. The van der Waals surface area contributed by atoms with Gasteiger partial charge in [0.15, 0.2) is 0 Å². The van der Waals surface area contributed by atoms with E-state index in [1.165, 1.54) is 6.20 Å². The molecule has 0 amide bonds. The molecule has 0 aliphatic rings. The Morgan fingerprint density at radius 1 is 0.963 bits per heavy atom. The van der Waals surface area contributed by atoms with E-state index >= 15 is 0 Å². The predicted molar refractivity (Wildman–Crippen MR) is 105 cm³/mol. The molecule has 0 saturated carbocycles. The fourth-order valence-corrected chi connectivity index (χ4v) is 3.53. The number of sulfonamides is 1. The molecule has 2 aromatic carbocycles. The summed E-state index contributed by atoms with van der Waals surface area (Å²) in [6, 6.07) is 17.4. The second-order valence-electron chi connectivity index (χ2n) is 6.10. The molecule has 3 rings (SSSR count). The van der Waals surface area contributed by atoms with Crippen molar-refractivity contribution in [2.24, 2.45) is 0 Å². The van der Waals surface area contributed by atoms with Crippen LogP contribution in [0.4, 0.5) is 17.2 Å². The van der Waals surface area contributed by atoms with Gasteiger partial charge in [0.2, 0.25) is 0 Å². The van der Waals surface area contributed by atoms with E-state index in [4.69, 9.17) is 5.26 Å². The molecular formula is C20H18N4O2S. The van der Waals surface area contributed by atoms with Crippen LogP contribution < -0.4 is 10.0 Å². The van der Waals surface area contributed by atoms with Crippen molar-refractivity contribution >= 4 is 27.2 Å². The summed E-state index contributed by atoms with van der Waals surface area (Å²) >= 11 is 0. The monoisotopic (exact) mass is 378 g/mol. The van der Waals surface area contributed by atoms with Crippen molar-refractivity contribution in [3.8, 4) is 6.07 Å². The number of rotatable bonds is 5. The van der Waals surface area contributed by atoms with Gasteiger partial charge in [0.05, 0.1) is 28.4 Å². The second kappa shape index (κ2) is 7.48. The fraction of sp³-hybridized carbons (Fsp3) is 0.100. The molecule has 0 unspecified atom stereocenters. The first kappa shape index (κ1) is 18.4. The zero-order chi connectivity index (χ0) is 19.4. The molecule has 0 saturated heterocycles.